The van der Waals surface area contributed by atoms with Crippen LogP contribution in [0.25, 0.3) is 0 Å². The van der Waals surface area contributed by atoms with Crippen LogP contribution in [0.1, 0.15) is 36.2 Å². The number of rotatable bonds is 2. The number of hydrogen-bond donors (Lipinski definition) is 2. The lowest BCUT2D eigenvalue weighted by Crippen LogP contribution is -2.54. The number of piperidine rings is 1. The lowest BCUT2D eigenvalue weighted by Gasteiger charge is -2.42. The first kappa shape index (κ1) is 21.3. The van der Waals surface area contributed by atoms with Crippen molar-refractivity contribution in [3.63, 3.8) is 0 Å². The summed E-state index contributed by atoms with van der Waals surface area (Å²) in [4.78, 5) is 28.3. The number of benzene rings is 1. The van der Waals surface area contributed by atoms with Gasteiger partial charge in [0.05, 0.1) is 11.3 Å². The third kappa shape index (κ3) is 4.86. The van der Waals surface area contributed by atoms with E-state index in [1.165, 1.54) is 4.90 Å². The van der Waals surface area contributed by atoms with Crippen LogP contribution in [0.5, 0.6) is 0 Å². The smallest absolute Gasteiger partial charge is 0.321 e. The highest BCUT2D eigenvalue weighted by atomic mass is 35.5. The zero-order valence-corrected chi connectivity index (χ0v) is 16.4. The Morgan fingerprint density at radius 1 is 1.32 bits per heavy atom. The molecule has 1 aromatic carbocycles. The number of halogens is 1. The van der Waals surface area contributed by atoms with Gasteiger partial charge in [0.15, 0.2) is 0 Å². The van der Waals surface area contributed by atoms with E-state index in [1.54, 1.807) is 20.2 Å². The molecule has 1 fully saturated rings. The predicted octanol–water partition coefficient (Wildman–Crippen LogP) is 2.71. The molecule has 1 atom stereocenters. The van der Waals surface area contributed by atoms with Gasteiger partial charge in [0.2, 0.25) is 0 Å². The second-order valence-electron chi connectivity index (χ2n) is 7.48. The number of aryl methyl sites for hydroxylation is 1. The second-order valence-corrected chi connectivity index (χ2v) is 7.48. The van der Waals surface area contributed by atoms with Gasteiger partial charge in [-0.2, -0.15) is 0 Å². The van der Waals surface area contributed by atoms with E-state index < -0.39 is 0 Å². The molecule has 0 spiro atoms. The zero-order chi connectivity index (χ0) is 18.1. The Labute approximate surface area is 156 Å². The molecule has 0 radical (unpaired) electrons. The number of nitrogens with zero attached hydrogens (tertiary/aromatic N) is 2. The van der Waals surface area contributed by atoms with Crippen molar-refractivity contribution >= 4 is 30.0 Å². The fourth-order valence-electron chi connectivity index (χ4n) is 2.89. The minimum atomic E-state index is -0.256. The third-order valence-corrected chi connectivity index (χ3v) is 4.65. The molecule has 25 heavy (non-hydrogen) atoms. The van der Waals surface area contributed by atoms with E-state index in [4.69, 9.17) is 5.73 Å². The molecule has 1 heterocycles. The largest absolute Gasteiger partial charge is 0.338 e. The molecule has 1 aliphatic rings. The summed E-state index contributed by atoms with van der Waals surface area (Å²) >= 11 is 0. The Balaban J connectivity index is 0.00000312. The van der Waals surface area contributed by atoms with Gasteiger partial charge in [-0.3, -0.25) is 4.79 Å². The minimum absolute atomic E-state index is 0. The van der Waals surface area contributed by atoms with Crippen molar-refractivity contribution in [3.8, 4) is 0 Å². The summed E-state index contributed by atoms with van der Waals surface area (Å²) in [7, 11) is 3.33. The molecule has 0 saturated carbocycles. The predicted molar refractivity (Wildman–Crippen MR) is 103 cm³/mol. The van der Waals surface area contributed by atoms with Gasteiger partial charge in [0.25, 0.3) is 5.91 Å². The van der Waals surface area contributed by atoms with Crippen molar-refractivity contribution < 1.29 is 9.59 Å². The third-order valence-electron chi connectivity index (χ3n) is 4.65. The summed E-state index contributed by atoms with van der Waals surface area (Å²) in [6, 6.07) is 5.33. The fraction of sp³-hybridized carbons (Fsp3) is 0.556. The van der Waals surface area contributed by atoms with E-state index in [0.717, 1.165) is 12.0 Å². The number of nitrogens with two attached hydrogens (primary N) is 1. The maximum absolute atomic E-state index is 13.0. The topological polar surface area (TPSA) is 78.7 Å². The van der Waals surface area contributed by atoms with Crippen LogP contribution in [-0.4, -0.2) is 55.0 Å². The first-order chi connectivity index (χ1) is 11.1. The normalized spacial score (nSPS) is 19.0. The lowest BCUT2D eigenvalue weighted by molar-refractivity contribution is 0.0534. The van der Waals surface area contributed by atoms with E-state index in [1.807, 2.05) is 24.0 Å². The minimum Gasteiger partial charge on any atom is -0.338 e. The molecule has 1 unspecified atom stereocenters. The SMILES string of the molecule is Cc1ccc(NC(=O)N(C)C)c(C(=O)N2CCC(N)C(C)(C)C2)c1.Cl. The maximum atomic E-state index is 13.0. The van der Waals surface area contributed by atoms with Crippen molar-refractivity contribution in [2.75, 3.05) is 32.5 Å². The quantitative estimate of drug-likeness (QED) is 0.842. The van der Waals surface area contributed by atoms with E-state index in [2.05, 4.69) is 19.2 Å². The Kier molecular flexibility index (Phi) is 6.85. The van der Waals surface area contributed by atoms with Crippen molar-refractivity contribution in [1.82, 2.24) is 9.80 Å². The molecule has 1 aromatic rings. The van der Waals surface area contributed by atoms with Crippen molar-refractivity contribution in [3.05, 3.63) is 29.3 Å². The molecule has 1 aliphatic heterocycles. The average molecular weight is 369 g/mol. The van der Waals surface area contributed by atoms with Crippen molar-refractivity contribution in [1.29, 1.82) is 0 Å². The van der Waals surface area contributed by atoms with Gasteiger partial charge >= 0.3 is 6.03 Å². The highest BCUT2D eigenvalue weighted by Crippen LogP contribution is 2.30. The number of hydrogen-bond acceptors (Lipinski definition) is 3. The van der Waals surface area contributed by atoms with Crippen LogP contribution in [0.4, 0.5) is 10.5 Å². The van der Waals surface area contributed by atoms with Gasteiger partial charge in [-0.25, -0.2) is 4.79 Å². The van der Waals surface area contributed by atoms with Crippen LogP contribution in [-0.2, 0) is 0 Å². The molecule has 7 heteroatoms. The summed E-state index contributed by atoms with van der Waals surface area (Å²) in [5.41, 5.74) is 8.09. The number of carbonyl (C=O) groups is 2. The number of nitrogens with one attached hydrogen (secondary N) is 1. The molecule has 0 aliphatic carbocycles. The highest BCUT2D eigenvalue weighted by molar-refractivity contribution is 6.03. The standard InChI is InChI=1S/C18H28N4O2.ClH/c1-12-6-7-14(20-17(24)21(4)5)13(10-12)16(23)22-9-8-15(19)18(2,3)11-22;/h6-7,10,15H,8-9,11,19H2,1-5H3,(H,20,24);1H. The van der Waals surface area contributed by atoms with Gasteiger partial charge in [0.1, 0.15) is 0 Å². The van der Waals surface area contributed by atoms with Crippen LogP contribution in [0.3, 0.4) is 0 Å². The van der Waals surface area contributed by atoms with E-state index in [9.17, 15) is 9.59 Å². The van der Waals surface area contributed by atoms with Gasteiger partial charge < -0.3 is 20.9 Å². The van der Waals surface area contributed by atoms with E-state index in [-0.39, 0.29) is 35.8 Å². The van der Waals surface area contributed by atoms with E-state index >= 15 is 0 Å². The Morgan fingerprint density at radius 3 is 2.52 bits per heavy atom. The number of anilines is 1. The van der Waals surface area contributed by atoms with Gasteiger partial charge in [-0.1, -0.05) is 25.5 Å². The van der Waals surface area contributed by atoms with Crippen LogP contribution in [0.2, 0.25) is 0 Å². The number of urea groups is 1. The first-order valence-corrected chi connectivity index (χ1v) is 8.25. The highest BCUT2D eigenvalue weighted by Gasteiger charge is 2.36. The Hall–Kier alpha value is -1.79. The number of likely N-dealkylation sites (tertiary alicyclic amines) is 1. The second kappa shape index (κ2) is 8.06. The van der Waals surface area contributed by atoms with E-state index in [0.29, 0.717) is 24.3 Å². The molecular weight excluding hydrogens is 340 g/mol. The molecule has 0 bridgehead atoms. The van der Waals surface area contributed by atoms with Gasteiger partial charge in [-0.05, 0) is 30.9 Å². The monoisotopic (exact) mass is 368 g/mol. The Morgan fingerprint density at radius 2 is 1.96 bits per heavy atom. The number of amides is 3. The summed E-state index contributed by atoms with van der Waals surface area (Å²) < 4.78 is 0. The number of carbonyl (C=O) groups excluding carboxylic acids is 2. The molecule has 140 valence electrons. The molecule has 2 rings (SSSR count). The molecule has 1 saturated heterocycles. The molecule has 6 nitrogen and oxygen atoms in total. The molecular formula is C18H29ClN4O2. The van der Waals surface area contributed by atoms with Crippen LogP contribution >= 0.6 is 12.4 Å². The molecule has 0 aromatic heterocycles. The zero-order valence-electron chi connectivity index (χ0n) is 15.6. The Bertz CT molecular complexity index is 646. The summed E-state index contributed by atoms with van der Waals surface area (Å²) in [5, 5.41) is 2.80. The average Bonchev–Trinajstić information content (AvgIpc) is 2.50. The first-order valence-electron chi connectivity index (χ1n) is 8.25. The maximum Gasteiger partial charge on any atom is 0.321 e. The van der Waals surface area contributed by atoms with Crippen LogP contribution in [0.15, 0.2) is 18.2 Å². The fourth-order valence-corrected chi connectivity index (χ4v) is 2.89. The van der Waals surface area contributed by atoms with Crippen molar-refractivity contribution in [2.24, 2.45) is 11.1 Å². The van der Waals surface area contributed by atoms with Crippen LogP contribution < -0.4 is 11.1 Å². The van der Waals surface area contributed by atoms with Gasteiger partial charge in [0, 0.05) is 33.2 Å². The van der Waals surface area contributed by atoms with Crippen LogP contribution in [0, 0.1) is 12.3 Å². The summed E-state index contributed by atoms with van der Waals surface area (Å²) in [6.07, 6.45) is 0.782. The van der Waals surface area contributed by atoms with Crippen molar-refractivity contribution in [2.45, 2.75) is 33.2 Å². The lowest BCUT2D eigenvalue weighted by atomic mass is 9.79. The summed E-state index contributed by atoms with van der Waals surface area (Å²) in [6.45, 7) is 7.36. The molecule has 3 amide bonds. The molecule has 3 N–H and O–H groups in total. The summed E-state index contributed by atoms with van der Waals surface area (Å²) in [5.74, 6) is -0.0623. The van der Waals surface area contributed by atoms with Gasteiger partial charge in [-0.15, -0.1) is 12.4 Å².